The quantitative estimate of drug-likeness (QED) is 0.945. The molecule has 1 aromatic carbocycles. The van der Waals surface area contributed by atoms with Crippen molar-refractivity contribution in [2.24, 2.45) is 0 Å². The third kappa shape index (κ3) is 2.27. The molecule has 0 saturated carbocycles. The molecule has 2 aromatic rings. The minimum atomic E-state index is -0.464. The number of nitrogens with zero attached hydrogens (tertiary/aromatic N) is 1. The Morgan fingerprint density at radius 1 is 1.53 bits per heavy atom. The standard InChI is InChI=1S/C9H7BrFNO2S/c10-9-12-6-3-5(11)7(14-2-1-13)4-8(6)15-9/h3-4,13H,1-2H2. The van der Waals surface area contributed by atoms with Gasteiger partial charge in [0.15, 0.2) is 15.5 Å². The van der Waals surface area contributed by atoms with Crippen LogP contribution in [-0.2, 0) is 0 Å². The average molecular weight is 292 g/mol. The Hall–Kier alpha value is -0.720. The third-order valence-electron chi connectivity index (χ3n) is 1.76. The van der Waals surface area contributed by atoms with E-state index in [-0.39, 0.29) is 19.0 Å². The zero-order valence-corrected chi connectivity index (χ0v) is 9.94. The predicted octanol–water partition coefficient (Wildman–Crippen LogP) is 2.57. The summed E-state index contributed by atoms with van der Waals surface area (Å²) in [5.74, 6) is -0.318. The van der Waals surface area contributed by atoms with Crippen molar-refractivity contribution in [3.63, 3.8) is 0 Å². The highest BCUT2D eigenvalue weighted by Crippen LogP contribution is 2.31. The molecular weight excluding hydrogens is 285 g/mol. The largest absolute Gasteiger partial charge is 0.488 e. The highest BCUT2D eigenvalue weighted by Gasteiger charge is 2.09. The maximum Gasteiger partial charge on any atom is 0.167 e. The van der Waals surface area contributed by atoms with Gasteiger partial charge in [0.1, 0.15) is 6.61 Å². The van der Waals surface area contributed by atoms with Crippen LogP contribution in [0.25, 0.3) is 10.2 Å². The maximum atomic E-state index is 13.4. The first-order valence-corrected chi connectivity index (χ1v) is 5.81. The van der Waals surface area contributed by atoms with Crippen molar-refractivity contribution in [3.05, 3.63) is 21.9 Å². The molecule has 1 heterocycles. The summed E-state index contributed by atoms with van der Waals surface area (Å²) in [6.07, 6.45) is 0. The molecule has 80 valence electrons. The smallest absolute Gasteiger partial charge is 0.167 e. The summed E-state index contributed by atoms with van der Waals surface area (Å²) in [5, 5.41) is 8.57. The van der Waals surface area contributed by atoms with Crippen LogP contribution in [0.3, 0.4) is 0 Å². The van der Waals surface area contributed by atoms with Gasteiger partial charge >= 0.3 is 0 Å². The molecule has 0 atom stereocenters. The molecule has 0 bridgehead atoms. The van der Waals surface area contributed by atoms with Gasteiger partial charge in [-0.1, -0.05) is 0 Å². The Bertz CT molecular complexity index is 488. The van der Waals surface area contributed by atoms with Crippen LogP contribution < -0.4 is 4.74 Å². The van der Waals surface area contributed by atoms with E-state index in [2.05, 4.69) is 20.9 Å². The van der Waals surface area contributed by atoms with Crippen LogP contribution >= 0.6 is 27.3 Å². The van der Waals surface area contributed by atoms with Gasteiger partial charge in [-0.3, -0.25) is 0 Å². The summed E-state index contributed by atoms with van der Waals surface area (Å²) in [6, 6.07) is 2.91. The first kappa shape index (κ1) is 10.8. The van der Waals surface area contributed by atoms with E-state index in [1.165, 1.54) is 17.4 Å². The SMILES string of the molecule is OCCOc1cc2sc(Br)nc2cc1F. The van der Waals surface area contributed by atoms with Gasteiger partial charge in [-0.2, -0.15) is 0 Å². The monoisotopic (exact) mass is 291 g/mol. The second kappa shape index (κ2) is 4.42. The summed E-state index contributed by atoms with van der Waals surface area (Å²) < 4.78 is 20.0. The van der Waals surface area contributed by atoms with Crippen LogP contribution in [0.5, 0.6) is 5.75 Å². The zero-order chi connectivity index (χ0) is 10.8. The molecular formula is C9H7BrFNO2S. The normalized spacial score (nSPS) is 10.9. The van der Waals surface area contributed by atoms with Gasteiger partial charge in [-0.15, -0.1) is 11.3 Å². The molecule has 0 saturated heterocycles. The van der Waals surface area contributed by atoms with Crippen molar-refractivity contribution in [1.29, 1.82) is 0 Å². The van der Waals surface area contributed by atoms with Crippen LogP contribution in [-0.4, -0.2) is 23.3 Å². The van der Waals surface area contributed by atoms with Crippen LogP contribution in [0.4, 0.5) is 4.39 Å². The van der Waals surface area contributed by atoms with Crippen LogP contribution in [0.2, 0.25) is 0 Å². The van der Waals surface area contributed by atoms with Gasteiger partial charge < -0.3 is 9.84 Å². The number of thiazole rings is 1. The van der Waals surface area contributed by atoms with E-state index in [0.29, 0.717) is 9.43 Å². The lowest BCUT2D eigenvalue weighted by molar-refractivity contribution is 0.196. The van der Waals surface area contributed by atoms with Crippen molar-refractivity contribution in [3.8, 4) is 5.75 Å². The van der Waals surface area contributed by atoms with E-state index >= 15 is 0 Å². The van der Waals surface area contributed by atoms with E-state index in [9.17, 15) is 4.39 Å². The van der Waals surface area contributed by atoms with Crippen molar-refractivity contribution < 1.29 is 14.2 Å². The van der Waals surface area contributed by atoms with Crippen molar-refractivity contribution >= 4 is 37.5 Å². The van der Waals surface area contributed by atoms with Gasteiger partial charge in [0, 0.05) is 12.1 Å². The molecule has 0 aliphatic heterocycles. The first-order valence-electron chi connectivity index (χ1n) is 4.20. The predicted molar refractivity (Wildman–Crippen MR) is 59.9 cm³/mol. The third-order valence-corrected chi connectivity index (χ3v) is 3.23. The number of hydrogen-bond donors (Lipinski definition) is 1. The number of fused-ring (bicyclic) bond motifs is 1. The summed E-state index contributed by atoms with van der Waals surface area (Å²) in [6.45, 7) is -0.0493. The number of hydrogen-bond acceptors (Lipinski definition) is 4. The van der Waals surface area contributed by atoms with Crippen molar-refractivity contribution in [2.75, 3.05) is 13.2 Å². The molecule has 0 aliphatic rings. The molecule has 6 heteroatoms. The molecule has 0 fully saturated rings. The summed E-state index contributed by atoms with van der Waals surface area (Å²) in [5.41, 5.74) is 0.598. The molecule has 0 radical (unpaired) electrons. The van der Waals surface area contributed by atoms with Gasteiger partial charge in [-0.05, 0) is 15.9 Å². The fraction of sp³-hybridized carbons (Fsp3) is 0.222. The lowest BCUT2D eigenvalue weighted by Gasteiger charge is -2.04. The molecule has 15 heavy (non-hydrogen) atoms. The van der Waals surface area contributed by atoms with E-state index in [0.717, 1.165) is 4.70 Å². The van der Waals surface area contributed by atoms with Crippen LogP contribution in [0, 0.1) is 5.82 Å². The van der Waals surface area contributed by atoms with Crippen molar-refractivity contribution in [2.45, 2.75) is 0 Å². The minimum absolute atomic E-state index is 0.0857. The highest BCUT2D eigenvalue weighted by molar-refractivity contribution is 9.11. The summed E-state index contributed by atoms with van der Waals surface area (Å²) in [7, 11) is 0. The molecule has 1 N–H and O–H groups in total. The number of benzene rings is 1. The van der Waals surface area contributed by atoms with E-state index in [4.69, 9.17) is 9.84 Å². The number of aliphatic hydroxyl groups excluding tert-OH is 1. The highest BCUT2D eigenvalue weighted by atomic mass is 79.9. The Kier molecular flexibility index (Phi) is 3.18. The topological polar surface area (TPSA) is 42.4 Å². The molecule has 0 amide bonds. The zero-order valence-electron chi connectivity index (χ0n) is 7.54. The molecule has 0 aliphatic carbocycles. The Labute approximate surface area is 97.6 Å². The Balaban J connectivity index is 2.42. The van der Waals surface area contributed by atoms with Crippen molar-refractivity contribution in [1.82, 2.24) is 4.98 Å². The number of rotatable bonds is 3. The lowest BCUT2D eigenvalue weighted by atomic mass is 10.3. The summed E-state index contributed by atoms with van der Waals surface area (Å²) >= 11 is 4.64. The second-order valence-electron chi connectivity index (χ2n) is 2.79. The number of aliphatic hydroxyl groups is 1. The van der Waals surface area contributed by atoms with Gasteiger partial charge in [0.25, 0.3) is 0 Å². The molecule has 0 unspecified atom stereocenters. The van der Waals surface area contributed by atoms with Crippen LogP contribution in [0.1, 0.15) is 0 Å². The van der Waals surface area contributed by atoms with Gasteiger partial charge in [0.05, 0.1) is 16.8 Å². The summed E-state index contributed by atoms with van der Waals surface area (Å²) in [4.78, 5) is 4.09. The number of halogens is 2. The number of aromatic nitrogens is 1. The molecule has 2 rings (SSSR count). The van der Waals surface area contributed by atoms with Crippen LogP contribution in [0.15, 0.2) is 16.0 Å². The lowest BCUT2D eigenvalue weighted by Crippen LogP contribution is -2.02. The number of ether oxygens (including phenoxy) is 1. The van der Waals surface area contributed by atoms with Gasteiger partial charge in [0.2, 0.25) is 0 Å². The molecule has 1 aromatic heterocycles. The van der Waals surface area contributed by atoms with E-state index < -0.39 is 5.82 Å². The molecule has 3 nitrogen and oxygen atoms in total. The Morgan fingerprint density at radius 3 is 3.07 bits per heavy atom. The minimum Gasteiger partial charge on any atom is -0.488 e. The fourth-order valence-electron chi connectivity index (χ4n) is 1.17. The van der Waals surface area contributed by atoms with E-state index in [1.807, 2.05) is 0 Å². The fourth-order valence-corrected chi connectivity index (χ4v) is 2.58. The maximum absolute atomic E-state index is 13.4. The Morgan fingerprint density at radius 2 is 2.33 bits per heavy atom. The molecule has 0 spiro atoms. The van der Waals surface area contributed by atoms with Gasteiger partial charge in [-0.25, -0.2) is 9.37 Å². The average Bonchev–Trinajstić information content (AvgIpc) is 2.53. The van der Waals surface area contributed by atoms with E-state index in [1.54, 1.807) is 6.07 Å². The first-order chi connectivity index (χ1) is 7.20. The second-order valence-corrected chi connectivity index (χ2v) is 5.10.